The van der Waals surface area contributed by atoms with E-state index in [0.717, 1.165) is 31.1 Å². The third kappa shape index (κ3) is 2.82. The van der Waals surface area contributed by atoms with E-state index in [4.69, 9.17) is 10.3 Å². The molecule has 1 aliphatic carbocycles. The summed E-state index contributed by atoms with van der Waals surface area (Å²) in [5.41, 5.74) is 5.57. The first kappa shape index (κ1) is 11.6. The van der Waals surface area contributed by atoms with Gasteiger partial charge in [-0.3, -0.25) is 0 Å². The minimum atomic E-state index is 0.529. The Hall–Kier alpha value is -0.900. The van der Waals surface area contributed by atoms with Crippen molar-refractivity contribution >= 4 is 0 Å². The van der Waals surface area contributed by atoms with Crippen LogP contribution >= 0.6 is 0 Å². The molecule has 2 N–H and O–H groups in total. The van der Waals surface area contributed by atoms with Crippen LogP contribution in [0, 0.1) is 5.92 Å². The van der Waals surface area contributed by atoms with E-state index >= 15 is 0 Å². The monoisotopic (exact) mass is 223 g/mol. The Morgan fingerprint density at radius 1 is 1.44 bits per heavy atom. The second-order valence-corrected chi connectivity index (χ2v) is 4.91. The molecule has 1 aromatic rings. The molecule has 90 valence electrons. The Labute approximate surface area is 96.6 Å². The standard InChI is InChI=1S/C12H21N3O/c1-9(8-13)6-7-11-14-12(15-16-11)10-4-2-3-5-10/h9-10H,2-8,13H2,1H3. The van der Waals surface area contributed by atoms with E-state index in [2.05, 4.69) is 17.1 Å². The summed E-state index contributed by atoms with van der Waals surface area (Å²) in [5.74, 6) is 2.78. The molecule has 4 heteroatoms. The maximum atomic E-state index is 5.57. The fraction of sp³-hybridized carbons (Fsp3) is 0.833. The maximum absolute atomic E-state index is 5.57. The molecule has 1 heterocycles. The number of aryl methyl sites for hydroxylation is 1. The van der Waals surface area contributed by atoms with Crippen LogP contribution in [0.5, 0.6) is 0 Å². The highest BCUT2D eigenvalue weighted by Gasteiger charge is 2.22. The molecule has 0 spiro atoms. The topological polar surface area (TPSA) is 64.9 Å². The predicted molar refractivity (Wildman–Crippen MR) is 62.0 cm³/mol. The van der Waals surface area contributed by atoms with Gasteiger partial charge in [0.25, 0.3) is 0 Å². The number of hydrogen-bond donors (Lipinski definition) is 1. The van der Waals surface area contributed by atoms with Crippen molar-refractivity contribution in [1.29, 1.82) is 0 Å². The first-order valence-corrected chi connectivity index (χ1v) is 6.32. The fourth-order valence-electron chi connectivity index (χ4n) is 2.21. The first-order chi connectivity index (χ1) is 7.79. The summed E-state index contributed by atoms with van der Waals surface area (Å²) >= 11 is 0. The van der Waals surface area contributed by atoms with Gasteiger partial charge >= 0.3 is 0 Å². The molecule has 1 aromatic heterocycles. The van der Waals surface area contributed by atoms with Gasteiger partial charge < -0.3 is 10.3 Å². The summed E-state index contributed by atoms with van der Waals surface area (Å²) in [7, 11) is 0. The van der Waals surface area contributed by atoms with Crippen molar-refractivity contribution in [2.45, 2.75) is 51.4 Å². The molecular weight excluding hydrogens is 202 g/mol. The summed E-state index contributed by atoms with van der Waals surface area (Å²) in [5, 5.41) is 4.08. The SMILES string of the molecule is CC(CN)CCc1nc(C2CCCC2)no1. The second-order valence-electron chi connectivity index (χ2n) is 4.91. The van der Waals surface area contributed by atoms with Crippen LogP contribution in [-0.2, 0) is 6.42 Å². The number of nitrogens with zero attached hydrogens (tertiary/aromatic N) is 2. The summed E-state index contributed by atoms with van der Waals surface area (Å²) in [4.78, 5) is 4.48. The zero-order valence-corrected chi connectivity index (χ0v) is 9.98. The lowest BCUT2D eigenvalue weighted by atomic mass is 10.1. The van der Waals surface area contributed by atoms with Gasteiger partial charge in [0.2, 0.25) is 5.89 Å². The quantitative estimate of drug-likeness (QED) is 0.831. The van der Waals surface area contributed by atoms with Crippen molar-refractivity contribution in [2.75, 3.05) is 6.54 Å². The third-order valence-electron chi connectivity index (χ3n) is 3.46. The number of aromatic nitrogens is 2. The fourth-order valence-corrected chi connectivity index (χ4v) is 2.21. The Bertz CT molecular complexity index is 318. The smallest absolute Gasteiger partial charge is 0.226 e. The molecule has 1 atom stereocenters. The van der Waals surface area contributed by atoms with Crippen LogP contribution in [0.4, 0.5) is 0 Å². The molecule has 1 saturated carbocycles. The van der Waals surface area contributed by atoms with Gasteiger partial charge in [0.1, 0.15) is 0 Å². The molecule has 16 heavy (non-hydrogen) atoms. The van der Waals surface area contributed by atoms with Gasteiger partial charge in [-0.25, -0.2) is 0 Å². The normalized spacial score (nSPS) is 19.1. The van der Waals surface area contributed by atoms with E-state index in [1.165, 1.54) is 25.7 Å². The van der Waals surface area contributed by atoms with Crippen molar-refractivity contribution in [3.05, 3.63) is 11.7 Å². The molecule has 1 unspecified atom stereocenters. The third-order valence-corrected chi connectivity index (χ3v) is 3.46. The number of nitrogens with two attached hydrogens (primary N) is 1. The summed E-state index contributed by atoms with van der Waals surface area (Å²) in [6, 6.07) is 0. The van der Waals surface area contributed by atoms with E-state index in [-0.39, 0.29) is 0 Å². The number of rotatable bonds is 5. The molecule has 0 amide bonds. The van der Waals surface area contributed by atoms with Crippen LogP contribution in [0.1, 0.15) is 56.7 Å². The molecule has 0 aliphatic heterocycles. The van der Waals surface area contributed by atoms with Crippen molar-refractivity contribution in [3.63, 3.8) is 0 Å². The van der Waals surface area contributed by atoms with Gasteiger partial charge in [0.15, 0.2) is 5.82 Å². The predicted octanol–water partition coefficient (Wildman–Crippen LogP) is 2.25. The zero-order chi connectivity index (χ0) is 11.4. The van der Waals surface area contributed by atoms with E-state index in [1.807, 2.05) is 0 Å². The van der Waals surface area contributed by atoms with E-state index in [0.29, 0.717) is 11.8 Å². The first-order valence-electron chi connectivity index (χ1n) is 6.32. The lowest BCUT2D eigenvalue weighted by molar-refractivity contribution is 0.358. The number of hydrogen-bond acceptors (Lipinski definition) is 4. The van der Waals surface area contributed by atoms with Crippen molar-refractivity contribution < 1.29 is 4.52 Å². The Balaban J connectivity index is 1.86. The van der Waals surface area contributed by atoms with Gasteiger partial charge in [-0.1, -0.05) is 24.9 Å². The highest BCUT2D eigenvalue weighted by Crippen LogP contribution is 2.32. The van der Waals surface area contributed by atoms with Gasteiger partial charge in [0, 0.05) is 12.3 Å². The summed E-state index contributed by atoms with van der Waals surface area (Å²) in [6.45, 7) is 2.87. The van der Waals surface area contributed by atoms with Gasteiger partial charge in [0.05, 0.1) is 0 Å². The molecule has 0 saturated heterocycles. The lowest BCUT2D eigenvalue weighted by Gasteiger charge is -2.04. The molecular formula is C12H21N3O. The molecule has 4 nitrogen and oxygen atoms in total. The Morgan fingerprint density at radius 3 is 2.88 bits per heavy atom. The molecule has 0 radical (unpaired) electrons. The van der Waals surface area contributed by atoms with Crippen molar-refractivity contribution in [1.82, 2.24) is 10.1 Å². The second kappa shape index (κ2) is 5.43. The molecule has 2 rings (SSSR count). The van der Waals surface area contributed by atoms with Crippen LogP contribution in [-0.4, -0.2) is 16.7 Å². The zero-order valence-electron chi connectivity index (χ0n) is 9.98. The van der Waals surface area contributed by atoms with Crippen LogP contribution < -0.4 is 5.73 Å². The van der Waals surface area contributed by atoms with Crippen LogP contribution in [0.2, 0.25) is 0 Å². The highest BCUT2D eigenvalue weighted by molar-refractivity contribution is 4.97. The van der Waals surface area contributed by atoms with Crippen LogP contribution in [0.15, 0.2) is 4.52 Å². The highest BCUT2D eigenvalue weighted by atomic mass is 16.5. The average molecular weight is 223 g/mol. The molecule has 1 aliphatic rings. The van der Waals surface area contributed by atoms with Crippen molar-refractivity contribution in [3.8, 4) is 0 Å². The molecule has 1 fully saturated rings. The molecule has 0 aromatic carbocycles. The minimum Gasteiger partial charge on any atom is -0.339 e. The largest absolute Gasteiger partial charge is 0.339 e. The van der Waals surface area contributed by atoms with Crippen molar-refractivity contribution in [2.24, 2.45) is 11.7 Å². The van der Waals surface area contributed by atoms with E-state index in [9.17, 15) is 0 Å². The van der Waals surface area contributed by atoms with Gasteiger partial charge in [-0.15, -0.1) is 0 Å². The Kier molecular flexibility index (Phi) is 3.93. The summed E-state index contributed by atoms with van der Waals surface area (Å²) in [6.07, 6.45) is 6.94. The van der Waals surface area contributed by atoms with Gasteiger partial charge in [-0.2, -0.15) is 4.98 Å². The Morgan fingerprint density at radius 2 is 2.19 bits per heavy atom. The molecule has 0 bridgehead atoms. The maximum Gasteiger partial charge on any atom is 0.226 e. The summed E-state index contributed by atoms with van der Waals surface area (Å²) < 4.78 is 5.27. The average Bonchev–Trinajstić information content (AvgIpc) is 2.95. The van der Waals surface area contributed by atoms with Crippen LogP contribution in [0.3, 0.4) is 0 Å². The lowest BCUT2D eigenvalue weighted by Crippen LogP contribution is -2.11. The van der Waals surface area contributed by atoms with E-state index in [1.54, 1.807) is 0 Å². The van der Waals surface area contributed by atoms with Crippen LogP contribution in [0.25, 0.3) is 0 Å². The van der Waals surface area contributed by atoms with Gasteiger partial charge in [-0.05, 0) is 31.7 Å². The minimum absolute atomic E-state index is 0.529. The van der Waals surface area contributed by atoms with E-state index < -0.39 is 0 Å².